The van der Waals surface area contributed by atoms with Crippen LogP contribution in [-0.4, -0.2) is 49.2 Å². The first-order valence-electron chi connectivity index (χ1n) is 10.6. The number of nitrogens with one attached hydrogen (secondary N) is 1. The largest absolute Gasteiger partial charge is 0.573 e. The van der Waals surface area contributed by atoms with Crippen LogP contribution in [0.5, 0.6) is 5.75 Å². The van der Waals surface area contributed by atoms with Gasteiger partial charge in [-0.1, -0.05) is 42.5 Å². The van der Waals surface area contributed by atoms with Crippen LogP contribution in [0.3, 0.4) is 0 Å². The zero-order valence-corrected chi connectivity index (χ0v) is 18.8. The van der Waals surface area contributed by atoms with Crippen molar-refractivity contribution >= 4 is 17.7 Å². The lowest BCUT2D eigenvalue weighted by atomic mass is 9.74. The Kier molecular flexibility index (Phi) is 7.61. The molecule has 0 radical (unpaired) electrons. The van der Waals surface area contributed by atoms with Crippen LogP contribution in [0.1, 0.15) is 29.5 Å². The summed E-state index contributed by atoms with van der Waals surface area (Å²) < 4.78 is 47.0. The molecule has 34 heavy (non-hydrogen) atoms. The normalized spacial score (nSPS) is 18.3. The molecule has 1 aliphatic rings. The molecule has 1 aliphatic heterocycles. The van der Waals surface area contributed by atoms with Crippen LogP contribution in [-0.2, 0) is 31.1 Å². The van der Waals surface area contributed by atoms with Gasteiger partial charge in [-0.3, -0.25) is 19.3 Å². The topological polar surface area (TPSA) is 84.9 Å². The first kappa shape index (κ1) is 25.2. The van der Waals surface area contributed by atoms with E-state index in [2.05, 4.69) is 10.1 Å². The SMILES string of the molecule is COCCN1C(=O)C[C@](CC(=O)NCc2ccccc2OC(F)(F)F)(c2ccccc2C)C1=O. The van der Waals surface area contributed by atoms with E-state index in [9.17, 15) is 27.6 Å². The number of likely N-dealkylation sites (tertiary alicyclic amines) is 1. The van der Waals surface area contributed by atoms with Crippen LogP contribution in [0.25, 0.3) is 0 Å². The van der Waals surface area contributed by atoms with Gasteiger partial charge >= 0.3 is 6.36 Å². The molecule has 1 atom stereocenters. The fraction of sp³-hybridized carbons (Fsp3) is 0.375. The molecule has 0 aromatic heterocycles. The Bertz CT molecular complexity index is 1070. The van der Waals surface area contributed by atoms with Gasteiger partial charge in [-0.2, -0.15) is 0 Å². The minimum atomic E-state index is -4.88. The summed E-state index contributed by atoms with van der Waals surface area (Å²) in [4.78, 5) is 40.2. The number of ether oxygens (including phenoxy) is 2. The van der Waals surface area contributed by atoms with Gasteiger partial charge in [0.25, 0.3) is 0 Å². The van der Waals surface area contributed by atoms with Crippen molar-refractivity contribution in [2.75, 3.05) is 20.3 Å². The fourth-order valence-electron chi connectivity index (χ4n) is 4.17. The van der Waals surface area contributed by atoms with Gasteiger partial charge in [0.05, 0.1) is 18.6 Å². The van der Waals surface area contributed by atoms with Crippen molar-refractivity contribution in [3.8, 4) is 5.75 Å². The molecule has 1 heterocycles. The molecule has 0 spiro atoms. The molecular formula is C24H25F3N2O5. The summed E-state index contributed by atoms with van der Waals surface area (Å²) in [7, 11) is 1.45. The van der Waals surface area contributed by atoms with E-state index < -0.39 is 35.2 Å². The molecule has 0 saturated carbocycles. The number of nitrogens with zero attached hydrogens (tertiary/aromatic N) is 1. The lowest BCUT2D eigenvalue weighted by Gasteiger charge is -2.28. The molecule has 3 amide bonds. The standard InChI is InChI=1S/C24H25F3N2O5/c1-16-7-3-5-9-18(16)23(14-21(31)29(22(23)32)11-12-33-2)13-20(30)28-15-17-8-4-6-10-19(17)34-24(25,26)27/h3-10H,11-15H2,1-2H3,(H,28,30)/t23-/m1/s1. The summed E-state index contributed by atoms with van der Waals surface area (Å²) in [5, 5.41) is 2.57. The van der Waals surface area contributed by atoms with E-state index in [-0.39, 0.29) is 38.1 Å². The number of carbonyl (C=O) groups is 3. The van der Waals surface area contributed by atoms with E-state index in [1.54, 1.807) is 31.2 Å². The first-order valence-corrected chi connectivity index (χ1v) is 10.6. The van der Waals surface area contributed by atoms with Crippen molar-refractivity contribution in [2.45, 2.75) is 38.1 Å². The van der Waals surface area contributed by atoms with Gasteiger partial charge in [0.2, 0.25) is 17.7 Å². The Labute approximate surface area is 194 Å². The van der Waals surface area contributed by atoms with Gasteiger partial charge in [-0.05, 0) is 24.1 Å². The molecule has 1 fully saturated rings. The fourth-order valence-corrected chi connectivity index (χ4v) is 4.17. The quantitative estimate of drug-likeness (QED) is 0.560. The van der Waals surface area contributed by atoms with E-state index in [1.807, 2.05) is 0 Å². The third-order valence-electron chi connectivity index (χ3n) is 5.72. The summed E-state index contributed by atoms with van der Waals surface area (Å²) in [6, 6.07) is 12.5. The highest BCUT2D eigenvalue weighted by molar-refractivity contribution is 6.11. The smallest absolute Gasteiger partial charge is 0.405 e. The van der Waals surface area contributed by atoms with E-state index in [0.29, 0.717) is 5.56 Å². The molecule has 2 aromatic rings. The number of aryl methyl sites for hydroxylation is 1. The Balaban J connectivity index is 1.84. The number of rotatable bonds is 9. The summed E-state index contributed by atoms with van der Waals surface area (Å²) in [5.41, 5.74) is 0.00856. The second-order valence-corrected chi connectivity index (χ2v) is 8.03. The molecule has 2 aromatic carbocycles. The summed E-state index contributed by atoms with van der Waals surface area (Å²) >= 11 is 0. The monoisotopic (exact) mass is 478 g/mol. The number of para-hydroxylation sites is 1. The lowest BCUT2D eigenvalue weighted by Crippen LogP contribution is -2.43. The Morgan fingerprint density at radius 3 is 2.47 bits per heavy atom. The third kappa shape index (κ3) is 5.56. The second kappa shape index (κ2) is 10.3. The second-order valence-electron chi connectivity index (χ2n) is 8.03. The number of hydrogen-bond acceptors (Lipinski definition) is 5. The number of methoxy groups -OCH3 is 1. The molecule has 0 unspecified atom stereocenters. The first-order chi connectivity index (χ1) is 16.1. The Hall–Kier alpha value is -3.40. The predicted octanol–water partition coefficient (Wildman–Crippen LogP) is 3.24. The molecule has 1 N–H and O–H groups in total. The molecule has 10 heteroatoms. The van der Waals surface area contributed by atoms with Crippen molar-refractivity contribution in [3.63, 3.8) is 0 Å². The summed E-state index contributed by atoms with van der Waals surface area (Å²) in [6.45, 7) is 1.76. The molecule has 0 aliphatic carbocycles. The maximum atomic E-state index is 13.4. The molecule has 1 saturated heterocycles. The number of carbonyl (C=O) groups excluding carboxylic acids is 3. The van der Waals surface area contributed by atoms with Crippen LogP contribution < -0.4 is 10.1 Å². The van der Waals surface area contributed by atoms with Gasteiger partial charge in [-0.15, -0.1) is 13.2 Å². The number of hydrogen-bond donors (Lipinski definition) is 1. The average molecular weight is 478 g/mol. The van der Waals surface area contributed by atoms with E-state index in [1.165, 1.54) is 25.3 Å². The maximum absolute atomic E-state index is 13.4. The zero-order chi connectivity index (χ0) is 24.9. The molecule has 182 valence electrons. The van der Waals surface area contributed by atoms with Gasteiger partial charge in [0, 0.05) is 32.1 Å². The number of amides is 3. The van der Waals surface area contributed by atoms with Crippen molar-refractivity contribution in [3.05, 3.63) is 65.2 Å². The van der Waals surface area contributed by atoms with Gasteiger partial charge < -0.3 is 14.8 Å². The van der Waals surface area contributed by atoms with Crippen molar-refractivity contribution < 1.29 is 37.0 Å². The van der Waals surface area contributed by atoms with Crippen LogP contribution in [0.2, 0.25) is 0 Å². The van der Waals surface area contributed by atoms with Crippen molar-refractivity contribution in [1.82, 2.24) is 10.2 Å². The van der Waals surface area contributed by atoms with Gasteiger partial charge in [-0.25, -0.2) is 0 Å². The Morgan fingerprint density at radius 1 is 1.12 bits per heavy atom. The lowest BCUT2D eigenvalue weighted by molar-refractivity contribution is -0.274. The van der Waals surface area contributed by atoms with Crippen LogP contribution in [0, 0.1) is 6.92 Å². The molecular weight excluding hydrogens is 453 g/mol. The van der Waals surface area contributed by atoms with Gasteiger partial charge in [0.1, 0.15) is 5.75 Å². The average Bonchev–Trinajstić information content (AvgIpc) is 3.00. The Morgan fingerprint density at radius 2 is 1.79 bits per heavy atom. The van der Waals surface area contributed by atoms with Crippen LogP contribution in [0.4, 0.5) is 13.2 Å². The van der Waals surface area contributed by atoms with Gasteiger partial charge in [0.15, 0.2) is 0 Å². The highest BCUT2D eigenvalue weighted by Gasteiger charge is 2.54. The number of benzene rings is 2. The van der Waals surface area contributed by atoms with E-state index in [4.69, 9.17) is 4.74 Å². The summed E-state index contributed by atoms with van der Waals surface area (Å²) in [6.07, 6.45) is -5.41. The van der Waals surface area contributed by atoms with Crippen molar-refractivity contribution in [2.24, 2.45) is 0 Å². The molecule has 3 rings (SSSR count). The van der Waals surface area contributed by atoms with E-state index in [0.717, 1.165) is 16.5 Å². The summed E-state index contributed by atoms with van der Waals surface area (Å²) in [5.74, 6) is -1.93. The number of alkyl halides is 3. The third-order valence-corrected chi connectivity index (χ3v) is 5.72. The number of halogens is 3. The zero-order valence-electron chi connectivity index (χ0n) is 18.8. The van der Waals surface area contributed by atoms with Crippen LogP contribution >= 0.6 is 0 Å². The molecule has 7 nitrogen and oxygen atoms in total. The highest BCUT2D eigenvalue weighted by atomic mass is 19.4. The predicted molar refractivity (Wildman–Crippen MR) is 116 cm³/mol. The minimum Gasteiger partial charge on any atom is -0.405 e. The minimum absolute atomic E-state index is 0.0611. The molecule has 0 bridgehead atoms. The highest BCUT2D eigenvalue weighted by Crippen LogP contribution is 2.41. The van der Waals surface area contributed by atoms with Crippen molar-refractivity contribution in [1.29, 1.82) is 0 Å². The van der Waals surface area contributed by atoms with Crippen LogP contribution in [0.15, 0.2) is 48.5 Å². The van der Waals surface area contributed by atoms with E-state index >= 15 is 0 Å². The number of imide groups is 1. The maximum Gasteiger partial charge on any atom is 0.573 e.